The number of rotatable bonds is 2. The van der Waals surface area contributed by atoms with Crippen LogP contribution in [-0.2, 0) is 0 Å². The number of hydrogen-bond acceptors (Lipinski definition) is 2. The van der Waals surface area contributed by atoms with Gasteiger partial charge in [0.15, 0.2) is 0 Å². The van der Waals surface area contributed by atoms with Gasteiger partial charge in [-0.25, -0.2) is 0 Å². The van der Waals surface area contributed by atoms with Crippen molar-refractivity contribution in [2.75, 3.05) is 4.90 Å². The molecule has 0 fully saturated rings. The first-order valence-corrected chi connectivity index (χ1v) is 14.1. The Morgan fingerprint density at radius 1 is 0.730 bits per heavy atom. The third-order valence-electron chi connectivity index (χ3n) is 6.11. The largest absolute Gasteiger partial charge is 0.314 e. The highest BCUT2D eigenvalue weighted by Crippen LogP contribution is 2.44. The predicted octanol–water partition coefficient (Wildman–Crippen LogP) is 10.9. The van der Waals surface area contributed by atoms with Crippen molar-refractivity contribution >= 4 is 16.9 Å². The molecule has 2 aliphatic carbocycles. The van der Waals surface area contributed by atoms with E-state index in [0.717, 1.165) is 42.8 Å². The van der Waals surface area contributed by atoms with Gasteiger partial charge in [-0.1, -0.05) is 109 Å². The lowest BCUT2D eigenvalue weighted by Gasteiger charge is -2.34. The van der Waals surface area contributed by atoms with Gasteiger partial charge in [0.2, 0.25) is 0 Å². The van der Waals surface area contributed by atoms with Crippen LogP contribution >= 0.6 is 0 Å². The molecule has 1 heterocycles. The molecule has 0 N–H and O–H groups in total. The Labute approximate surface area is 226 Å². The quantitative estimate of drug-likeness (QED) is 0.409. The number of para-hydroxylation sites is 2. The fourth-order valence-electron chi connectivity index (χ4n) is 4.77. The van der Waals surface area contributed by atoms with Gasteiger partial charge < -0.3 is 9.80 Å². The Morgan fingerprint density at radius 3 is 2.05 bits per heavy atom. The highest BCUT2D eigenvalue weighted by atomic mass is 15.2. The van der Waals surface area contributed by atoms with Crippen LogP contribution < -0.4 is 4.90 Å². The Hall–Kier alpha value is -3.52. The SMILES string of the molecule is C=C1/C=C(\C)N(c2ccccc2)c2ccccc2C2=CCCC=C2N1C1=CC=CCC1.CC.CC.CC. The number of anilines is 2. The highest BCUT2D eigenvalue weighted by molar-refractivity contribution is 5.90. The minimum Gasteiger partial charge on any atom is -0.314 e. The van der Waals surface area contributed by atoms with Crippen LogP contribution in [0.3, 0.4) is 0 Å². The van der Waals surface area contributed by atoms with Gasteiger partial charge in [0.25, 0.3) is 0 Å². The molecule has 0 bridgehead atoms. The third kappa shape index (κ3) is 6.83. The van der Waals surface area contributed by atoms with Crippen LogP contribution in [0.4, 0.5) is 11.4 Å². The number of hydrogen-bond donors (Lipinski definition) is 0. The molecule has 0 amide bonds. The van der Waals surface area contributed by atoms with E-state index in [1.165, 1.54) is 28.2 Å². The minimum atomic E-state index is 1.01. The summed E-state index contributed by atoms with van der Waals surface area (Å²) in [5.74, 6) is 0. The monoisotopic (exact) mass is 494 g/mol. The molecule has 0 atom stereocenters. The molecular formula is C35H46N2. The summed E-state index contributed by atoms with van der Waals surface area (Å²) in [5, 5.41) is 0. The molecule has 5 rings (SSSR count). The Bertz CT molecular complexity index is 1160. The third-order valence-corrected chi connectivity index (χ3v) is 6.11. The molecule has 2 aromatic carbocycles. The van der Waals surface area contributed by atoms with Crippen molar-refractivity contribution in [2.24, 2.45) is 0 Å². The van der Waals surface area contributed by atoms with Gasteiger partial charge in [-0.15, -0.1) is 0 Å². The molecule has 0 saturated heterocycles. The summed E-state index contributed by atoms with van der Waals surface area (Å²) in [7, 11) is 0. The predicted molar refractivity (Wildman–Crippen MR) is 166 cm³/mol. The normalized spacial score (nSPS) is 17.4. The van der Waals surface area contributed by atoms with Crippen molar-refractivity contribution < 1.29 is 0 Å². The molecule has 0 spiro atoms. The molecule has 3 aliphatic rings. The summed E-state index contributed by atoms with van der Waals surface area (Å²) in [5.41, 5.74) is 9.64. The van der Waals surface area contributed by atoms with Gasteiger partial charge in [0.1, 0.15) is 0 Å². The molecule has 2 aromatic rings. The van der Waals surface area contributed by atoms with Crippen LogP contribution in [0.2, 0.25) is 0 Å². The van der Waals surface area contributed by atoms with Crippen LogP contribution in [-0.4, -0.2) is 4.90 Å². The van der Waals surface area contributed by atoms with E-state index in [1.54, 1.807) is 0 Å². The Kier molecular flexibility index (Phi) is 12.5. The lowest BCUT2D eigenvalue weighted by Crippen LogP contribution is -2.23. The molecule has 37 heavy (non-hydrogen) atoms. The molecule has 0 saturated carbocycles. The molecular weight excluding hydrogens is 448 g/mol. The van der Waals surface area contributed by atoms with Gasteiger partial charge in [-0.05, 0) is 63.0 Å². The summed E-state index contributed by atoms with van der Waals surface area (Å²) >= 11 is 0. The maximum atomic E-state index is 4.54. The molecule has 0 unspecified atom stereocenters. The van der Waals surface area contributed by atoms with E-state index in [-0.39, 0.29) is 0 Å². The van der Waals surface area contributed by atoms with Crippen molar-refractivity contribution in [3.63, 3.8) is 0 Å². The van der Waals surface area contributed by atoms with Crippen molar-refractivity contribution in [2.45, 2.75) is 74.1 Å². The highest BCUT2D eigenvalue weighted by Gasteiger charge is 2.28. The smallest absolute Gasteiger partial charge is 0.0537 e. The van der Waals surface area contributed by atoms with Gasteiger partial charge >= 0.3 is 0 Å². The molecule has 1 aliphatic heterocycles. The van der Waals surface area contributed by atoms with E-state index < -0.39 is 0 Å². The van der Waals surface area contributed by atoms with E-state index in [1.807, 2.05) is 41.5 Å². The summed E-state index contributed by atoms with van der Waals surface area (Å²) in [6.45, 7) is 18.7. The van der Waals surface area contributed by atoms with Crippen molar-refractivity contribution in [3.8, 4) is 0 Å². The van der Waals surface area contributed by atoms with Crippen molar-refractivity contribution in [1.29, 1.82) is 0 Å². The Morgan fingerprint density at radius 2 is 1.38 bits per heavy atom. The van der Waals surface area contributed by atoms with Gasteiger partial charge in [0, 0.05) is 39.6 Å². The molecule has 2 nitrogen and oxygen atoms in total. The molecule has 196 valence electrons. The first-order valence-electron chi connectivity index (χ1n) is 14.1. The second-order valence-corrected chi connectivity index (χ2v) is 8.21. The fourth-order valence-corrected chi connectivity index (χ4v) is 4.77. The minimum absolute atomic E-state index is 1.01. The van der Waals surface area contributed by atoms with Crippen LogP contribution in [0.15, 0.2) is 120 Å². The first-order chi connectivity index (χ1) is 18.2. The van der Waals surface area contributed by atoms with E-state index in [4.69, 9.17) is 0 Å². The average molecular weight is 495 g/mol. The average Bonchev–Trinajstić information content (AvgIpc) is 3.01. The number of nitrogens with zero attached hydrogens (tertiary/aromatic N) is 2. The molecule has 2 heteroatoms. The summed E-state index contributed by atoms with van der Waals surface area (Å²) in [6.07, 6.45) is 17.9. The summed E-state index contributed by atoms with van der Waals surface area (Å²) < 4.78 is 0. The van der Waals surface area contributed by atoms with Crippen LogP contribution in [0.25, 0.3) is 5.57 Å². The lowest BCUT2D eigenvalue weighted by molar-refractivity contribution is 0.529. The topological polar surface area (TPSA) is 6.48 Å². The first kappa shape index (κ1) is 29.7. The van der Waals surface area contributed by atoms with E-state index in [9.17, 15) is 0 Å². The van der Waals surface area contributed by atoms with E-state index in [2.05, 4.69) is 114 Å². The zero-order chi connectivity index (χ0) is 27.2. The van der Waals surface area contributed by atoms with Crippen molar-refractivity contribution in [1.82, 2.24) is 4.90 Å². The van der Waals surface area contributed by atoms with Gasteiger partial charge in [-0.2, -0.15) is 0 Å². The Balaban J connectivity index is 0.000000750. The van der Waals surface area contributed by atoms with Crippen molar-refractivity contribution in [3.05, 3.63) is 126 Å². The van der Waals surface area contributed by atoms with E-state index >= 15 is 0 Å². The summed E-state index contributed by atoms with van der Waals surface area (Å²) in [6, 6.07) is 19.4. The molecule has 0 radical (unpaired) electrons. The summed E-state index contributed by atoms with van der Waals surface area (Å²) in [4.78, 5) is 4.73. The standard InChI is InChI=1S/C29H28N2.3C2H6/c1-22-21-23(2)31(25-15-7-4-8-16-25)29-20-12-10-18-27(29)26-17-9-11-19-28(26)30(22)24-13-5-3-6-14-24;3*1-2/h3-5,7-8,10,12-13,15-21H,1,6,9,11,14H2,2H3;3*1-2H3/b23-21+;;;. The van der Waals surface area contributed by atoms with Crippen LogP contribution in [0.1, 0.15) is 79.7 Å². The second kappa shape index (κ2) is 15.6. The van der Waals surface area contributed by atoms with E-state index in [0.29, 0.717) is 0 Å². The number of fused-ring (bicyclic) bond motifs is 3. The number of allylic oxidation sites excluding steroid dienone is 9. The maximum Gasteiger partial charge on any atom is 0.0537 e. The zero-order valence-electron chi connectivity index (χ0n) is 24.1. The second-order valence-electron chi connectivity index (χ2n) is 8.21. The molecule has 0 aromatic heterocycles. The zero-order valence-corrected chi connectivity index (χ0v) is 24.1. The maximum absolute atomic E-state index is 4.54. The fraction of sp³-hybridized carbons (Fsp3) is 0.314. The van der Waals surface area contributed by atoms with Crippen LogP contribution in [0.5, 0.6) is 0 Å². The van der Waals surface area contributed by atoms with Crippen LogP contribution in [0, 0.1) is 0 Å². The number of benzene rings is 2. The lowest BCUT2D eigenvalue weighted by atomic mass is 9.92. The van der Waals surface area contributed by atoms with Gasteiger partial charge in [0.05, 0.1) is 5.69 Å². The van der Waals surface area contributed by atoms with Gasteiger partial charge in [-0.3, -0.25) is 0 Å².